The fourth-order valence-electron chi connectivity index (χ4n) is 3.45. The van der Waals surface area contributed by atoms with E-state index in [2.05, 4.69) is 10.1 Å². The van der Waals surface area contributed by atoms with Gasteiger partial charge in [-0.25, -0.2) is 0 Å². The van der Waals surface area contributed by atoms with E-state index in [0.717, 1.165) is 24.4 Å². The topological polar surface area (TPSA) is 88.7 Å². The Kier molecular flexibility index (Phi) is 4.63. The van der Waals surface area contributed by atoms with Crippen molar-refractivity contribution in [2.24, 2.45) is 5.92 Å². The van der Waals surface area contributed by atoms with Crippen LogP contribution in [0, 0.1) is 5.92 Å². The van der Waals surface area contributed by atoms with Crippen molar-refractivity contribution in [2.45, 2.75) is 31.6 Å². The van der Waals surface area contributed by atoms with Crippen molar-refractivity contribution in [3.63, 3.8) is 0 Å². The molecule has 0 unspecified atom stereocenters. The monoisotopic (exact) mass is 357 g/mol. The lowest BCUT2D eigenvalue weighted by Crippen LogP contribution is -2.29. The van der Waals surface area contributed by atoms with Crippen LogP contribution < -0.4 is 4.74 Å². The molecule has 0 bridgehead atoms. The van der Waals surface area contributed by atoms with Gasteiger partial charge in [-0.1, -0.05) is 5.16 Å². The molecular formula is C19H23N3O4. The number of carbonyl (C=O) groups is 1. The Hall–Kier alpha value is -2.41. The molecule has 26 heavy (non-hydrogen) atoms. The van der Waals surface area contributed by atoms with Gasteiger partial charge >= 0.3 is 0 Å². The number of amides is 1. The maximum Gasteiger partial charge on any atom is 0.253 e. The first kappa shape index (κ1) is 17.0. The van der Waals surface area contributed by atoms with E-state index in [1.54, 1.807) is 29.2 Å². The lowest BCUT2D eigenvalue weighted by atomic mass is 9.97. The highest BCUT2D eigenvalue weighted by Gasteiger charge is 2.40. The predicted molar refractivity (Wildman–Crippen MR) is 93.1 cm³/mol. The predicted octanol–water partition coefficient (Wildman–Crippen LogP) is 2.19. The third kappa shape index (κ3) is 3.31. The number of ether oxygens (including phenoxy) is 1. The Morgan fingerprint density at radius 3 is 2.73 bits per heavy atom. The average Bonchev–Trinajstić information content (AvgIpc) is 3.24. The minimum absolute atomic E-state index is 0.0150. The summed E-state index contributed by atoms with van der Waals surface area (Å²) in [6.45, 7) is 3.45. The zero-order valence-corrected chi connectivity index (χ0v) is 14.8. The van der Waals surface area contributed by atoms with Crippen molar-refractivity contribution >= 4 is 5.91 Å². The van der Waals surface area contributed by atoms with E-state index in [9.17, 15) is 9.90 Å². The summed E-state index contributed by atoms with van der Waals surface area (Å²) in [6, 6.07) is 7.14. The van der Waals surface area contributed by atoms with Crippen LogP contribution in [0.1, 0.15) is 53.7 Å². The van der Waals surface area contributed by atoms with Crippen molar-refractivity contribution < 1.29 is 19.2 Å². The lowest BCUT2D eigenvalue weighted by molar-refractivity contribution is 0.0781. The molecule has 138 valence electrons. The highest BCUT2D eigenvalue weighted by molar-refractivity contribution is 5.94. The fraction of sp³-hybridized carbons (Fsp3) is 0.526. The summed E-state index contributed by atoms with van der Waals surface area (Å²) in [5, 5.41) is 13.8. The van der Waals surface area contributed by atoms with Gasteiger partial charge in [0.1, 0.15) is 5.75 Å². The number of carbonyl (C=O) groups excluding carboxylic acids is 1. The van der Waals surface area contributed by atoms with Crippen molar-refractivity contribution in [3.8, 4) is 5.75 Å². The number of hydrogen-bond acceptors (Lipinski definition) is 6. The van der Waals surface area contributed by atoms with Crippen LogP contribution in [0.25, 0.3) is 0 Å². The molecule has 1 aliphatic heterocycles. The Morgan fingerprint density at radius 2 is 2.08 bits per heavy atom. The summed E-state index contributed by atoms with van der Waals surface area (Å²) in [7, 11) is 0. The number of aliphatic hydroxyl groups excluding tert-OH is 1. The molecule has 2 heterocycles. The van der Waals surface area contributed by atoms with Crippen LogP contribution >= 0.6 is 0 Å². The molecule has 1 saturated carbocycles. The number of hydrogen-bond donors (Lipinski definition) is 1. The molecule has 7 heteroatoms. The van der Waals surface area contributed by atoms with Crippen LogP contribution in [0.15, 0.2) is 28.8 Å². The first-order valence-electron chi connectivity index (χ1n) is 9.16. The average molecular weight is 357 g/mol. The van der Waals surface area contributed by atoms with Gasteiger partial charge in [-0.15, -0.1) is 0 Å². The molecule has 2 atom stereocenters. The van der Waals surface area contributed by atoms with Gasteiger partial charge < -0.3 is 19.3 Å². The van der Waals surface area contributed by atoms with Crippen molar-refractivity contribution in [1.82, 2.24) is 15.0 Å². The van der Waals surface area contributed by atoms with Gasteiger partial charge in [0.2, 0.25) is 5.89 Å². The molecule has 1 amide bonds. The molecule has 0 spiro atoms. The summed E-state index contributed by atoms with van der Waals surface area (Å²) < 4.78 is 10.8. The van der Waals surface area contributed by atoms with Gasteiger partial charge in [0, 0.05) is 37.1 Å². The summed E-state index contributed by atoms with van der Waals surface area (Å²) in [6.07, 6.45) is 2.21. The number of benzene rings is 1. The summed E-state index contributed by atoms with van der Waals surface area (Å²) in [5.41, 5.74) is 0.606. The highest BCUT2D eigenvalue weighted by Crippen LogP contribution is 2.40. The fourth-order valence-corrected chi connectivity index (χ4v) is 3.45. The second-order valence-corrected chi connectivity index (χ2v) is 6.98. The largest absolute Gasteiger partial charge is 0.494 e. The van der Waals surface area contributed by atoms with E-state index in [-0.39, 0.29) is 24.3 Å². The summed E-state index contributed by atoms with van der Waals surface area (Å²) in [5.74, 6) is 2.19. The number of rotatable bonds is 6. The van der Waals surface area contributed by atoms with Crippen molar-refractivity contribution in [1.29, 1.82) is 0 Å². The molecule has 2 aliphatic rings. The summed E-state index contributed by atoms with van der Waals surface area (Å²) >= 11 is 0. The minimum Gasteiger partial charge on any atom is -0.494 e. The molecular weight excluding hydrogens is 334 g/mol. The third-order valence-electron chi connectivity index (χ3n) is 5.09. The number of aliphatic hydroxyl groups is 1. The van der Waals surface area contributed by atoms with Gasteiger partial charge in [-0.3, -0.25) is 4.79 Å². The molecule has 1 aromatic carbocycles. The van der Waals surface area contributed by atoms with E-state index in [4.69, 9.17) is 9.26 Å². The Bertz CT molecular complexity index is 769. The van der Waals surface area contributed by atoms with E-state index in [1.807, 2.05) is 6.92 Å². The molecule has 1 aliphatic carbocycles. The quantitative estimate of drug-likeness (QED) is 0.852. The van der Waals surface area contributed by atoms with E-state index in [1.165, 1.54) is 0 Å². The van der Waals surface area contributed by atoms with Gasteiger partial charge in [0.05, 0.1) is 12.5 Å². The lowest BCUT2D eigenvalue weighted by Gasteiger charge is -2.16. The minimum atomic E-state index is -0.119. The van der Waals surface area contributed by atoms with Crippen LogP contribution in [0.2, 0.25) is 0 Å². The maximum absolute atomic E-state index is 12.8. The van der Waals surface area contributed by atoms with E-state index < -0.39 is 0 Å². The normalized spacial score (nSPS) is 22.6. The van der Waals surface area contributed by atoms with E-state index in [0.29, 0.717) is 37.1 Å². The Morgan fingerprint density at radius 1 is 1.31 bits per heavy atom. The Labute approximate surface area is 152 Å². The molecule has 1 N–H and O–H groups in total. The maximum atomic E-state index is 12.8. The van der Waals surface area contributed by atoms with Crippen molar-refractivity contribution in [2.75, 3.05) is 26.3 Å². The van der Waals surface area contributed by atoms with Crippen molar-refractivity contribution in [3.05, 3.63) is 41.5 Å². The SMILES string of the molecule is CCOc1ccc(C(=O)N2C[C@@H](CO)[C@H](c3nc(C4CC4)no3)C2)cc1. The first-order valence-corrected chi connectivity index (χ1v) is 9.16. The second kappa shape index (κ2) is 7.07. The number of nitrogens with zero attached hydrogens (tertiary/aromatic N) is 3. The van der Waals surface area contributed by atoms with E-state index >= 15 is 0 Å². The zero-order chi connectivity index (χ0) is 18.1. The molecule has 2 fully saturated rings. The highest BCUT2D eigenvalue weighted by atomic mass is 16.5. The van der Waals surface area contributed by atoms with Crippen LogP contribution in [0.4, 0.5) is 0 Å². The summed E-state index contributed by atoms with van der Waals surface area (Å²) in [4.78, 5) is 19.1. The molecule has 4 rings (SSSR count). The zero-order valence-electron chi connectivity index (χ0n) is 14.8. The van der Waals surface area contributed by atoms with Crippen LogP contribution in [-0.4, -0.2) is 52.4 Å². The third-order valence-corrected chi connectivity index (χ3v) is 5.09. The molecule has 7 nitrogen and oxygen atoms in total. The number of likely N-dealkylation sites (tertiary alicyclic amines) is 1. The van der Waals surface area contributed by atoms with Gasteiger partial charge in [-0.05, 0) is 44.0 Å². The standard InChI is InChI=1S/C19H23N3O4/c1-2-25-15-7-5-13(6-8-15)19(24)22-9-14(11-23)16(10-22)18-20-17(21-26-18)12-3-4-12/h5-8,12,14,16,23H,2-4,9-11H2,1H3/t14-,16+/m0/s1. The molecule has 1 aromatic heterocycles. The number of aromatic nitrogens is 2. The molecule has 1 saturated heterocycles. The molecule has 2 aromatic rings. The molecule has 0 radical (unpaired) electrons. The van der Waals surface area contributed by atoms with Gasteiger partial charge in [0.15, 0.2) is 5.82 Å². The van der Waals surface area contributed by atoms with Crippen LogP contribution in [-0.2, 0) is 0 Å². The van der Waals surface area contributed by atoms with Crippen LogP contribution in [0.5, 0.6) is 5.75 Å². The first-order chi connectivity index (χ1) is 12.7. The van der Waals surface area contributed by atoms with Crippen LogP contribution in [0.3, 0.4) is 0 Å². The Balaban J connectivity index is 1.47. The second-order valence-electron chi connectivity index (χ2n) is 6.98. The van der Waals surface area contributed by atoms with Gasteiger partial charge in [-0.2, -0.15) is 4.98 Å². The van der Waals surface area contributed by atoms with Gasteiger partial charge in [0.25, 0.3) is 5.91 Å². The smallest absolute Gasteiger partial charge is 0.253 e.